The second-order valence-corrected chi connectivity index (χ2v) is 7.10. The summed E-state index contributed by atoms with van der Waals surface area (Å²) in [6.07, 6.45) is 6.92. The van der Waals surface area contributed by atoms with E-state index < -0.39 is 0 Å². The molecule has 5 rings (SSSR count). The third-order valence-electron chi connectivity index (χ3n) is 5.89. The molecule has 4 nitrogen and oxygen atoms in total. The number of aromatic nitrogens is 2. The van der Waals surface area contributed by atoms with Crippen molar-refractivity contribution in [1.29, 1.82) is 0 Å². The summed E-state index contributed by atoms with van der Waals surface area (Å²) < 4.78 is 1.54. The lowest BCUT2D eigenvalue weighted by molar-refractivity contribution is -0.00471. The van der Waals surface area contributed by atoms with Crippen molar-refractivity contribution in [3.63, 3.8) is 0 Å². The lowest BCUT2D eigenvalue weighted by Gasteiger charge is -2.54. The highest BCUT2D eigenvalue weighted by molar-refractivity contribution is 5.37. The van der Waals surface area contributed by atoms with Gasteiger partial charge in [0.15, 0.2) is 0 Å². The van der Waals surface area contributed by atoms with Gasteiger partial charge in [0.1, 0.15) is 5.69 Å². The van der Waals surface area contributed by atoms with E-state index in [4.69, 9.17) is 5.73 Å². The maximum Gasteiger partial charge on any atom is 0.289 e. The normalized spacial score (nSPS) is 38.4. The van der Waals surface area contributed by atoms with E-state index in [1.807, 2.05) is 13.0 Å². The Morgan fingerprint density at radius 3 is 2.35 bits per heavy atom. The van der Waals surface area contributed by atoms with Gasteiger partial charge in [-0.25, -0.2) is 4.68 Å². The van der Waals surface area contributed by atoms with Gasteiger partial charge in [-0.3, -0.25) is 4.79 Å². The van der Waals surface area contributed by atoms with E-state index in [0.29, 0.717) is 18.2 Å². The Morgan fingerprint density at radius 1 is 1.20 bits per heavy atom. The molecule has 108 valence electrons. The highest BCUT2D eigenvalue weighted by atomic mass is 16.1. The van der Waals surface area contributed by atoms with Gasteiger partial charge in [0, 0.05) is 12.5 Å². The molecule has 0 aliphatic heterocycles. The molecule has 4 heteroatoms. The number of anilines is 1. The molecule has 0 spiro atoms. The van der Waals surface area contributed by atoms with Crippen LogP contribution in [0.4, 0.5) is 5.69 Å². The minimum Gasteiger partial charge on any atom is -0.394 e. The van der Waals surface area contributed by atoms with Crippen LogP contribution < -0.4 is 11.3 Å². The summed E-state index contributed by atoms with van der Waals surface area (Å²) in [4.78, 5) is 11.9. The fourth-order valence-corrected chi connectivity index (χ4v) is 5.37. The van der Waals surface area contributed by atoms with E-state index in [2.05, 4.69) is 5.10 Å². The zero-order valence-electron chi connectivity index (χ0n) is 12.1. The van der Waals surface area contributed by atoms with Gasteiger partial charge in [-0.2, -0.15) is 5.10 Å². The van der Waals surface area contributed by atoms with Gasteiger partial charge in [0.25, 0.3) is 5.56 Å². The Morgan fingerprint density at radius 2 is 1.80 bits per heavy atom. The number of rotatable bonds is 2. The number of aryl methyl sites for hydroxylation is 1. The average molecular weight is 273 g/mol. The molecule has 4 bridgehead atoms. The molecule has 0 radical (unpaired) electrons. The fourth-order valence-electron chi connectivity index (χ4n) is 5.37. The Balaban J connectivity index is 1.74. The Hall–Kier alpha value is -1.32. The molecule has 20 heavy (non-hydrogen) atoms. The van der Waals surface area contributed by atoms with Gasteiger partial charge in [-0.05, 0) is 68.8 Å². The molecular formula is C16H23N3O. The van der Waals surface area contributed by atoms with Crippen LogP contribution in [0.5, 0.6) is 0 Å². The highest BCUT2D eigenvalue weighted by Crippen LogP contribution is 2.59. The molecule has 1 aromatic heterocycles. The Kier molecular flexibility index (Phi) is 2.69. The van der Waals surface area contributed by atoms with Crippen molar-refractivity contribution >= 4 is 5.69 Å². The molecule has 0 amide bonds. The second-order valence-electron chi connectivity index (χ2n) is 7.10. The van der Waals surface area contributed by atoms with Crippen molar-refractivity contribution in [1.82, 2.24) is 9.78 Å². The van der Waals surface area contributed by atoms with Crippen LogP contribution in [0.2, 0.25) is 0 Å². The number of hydrogen-bond acceptors (Lipinski definition) is 3. The van der Waals surface area contributed by atoms with Gasteiger partial charge in [0.05, 0.1) is 5.69 Å². The molecule has 4 saturated carbocycles. The predicted octanol–water partition coefficient (Wildman–Crippen LogP) is 2.39. The van der Waals surface area contributed by atoms with Crippen LogP contribution >= 0.6 is 0 Å². The smallest absolute Gasteiger partial charge is 0.289 e. The van der Waals surface area contributed by atoms with E-state index in [9.17, 15) is 4.79 Å². The van der Waals surface area contributed by atoms with Crippen LogP contribution in [0, 0.1) is 23.7 Å². The number of nitrogens with zero attached hydrogens (tertiary/aromatic N) is 2. The molecule has 1 heterocycles. The topological polar surface area (TPSA) is 60.9 Å². The summed E-state index contributed by atoms with van der Waals surface area (Å²) in [7, 11) is 0. The molecule has 1 aromatic rings. The zero-order valence-corrected chi connectivity index (χ0v) is 12.1. The average Bonchev–Trinajstić information content (AvgIpc) is 2.41. The first-order valence-electron chi connectivity index (χ1n) is 8.03. The van der Waals surface area contributed by atoms with Gasteiger partial charge >= 0.3 is 0 Å². The number of nitrogen functional groups attached to an aromatic ring is 1. The number of nitrogens with two attached hydrogens (primary N) is 1. The van der Waals surface area contributed by atoms with E-state index in [-0.39, 0.29) is 5.56 Å². The molecule has 4 fully saturated rings. The number of hydrogen-bond donors (Lipinski definition) is 1. The quantitative estimate of drug-likeness (QED) is 0.900. The van der Waals surface area contributed by atoms with Crippen molar-refractivity contribution in [2.45, 2.75) is 51.5 Å². The summed E-state index contributed by atoms with van der Waals surface area (Å²) in [6, 6.07) is 1.86. The van der Waals surface area contributed by atoms with Gasteiger partial charge in [-0.1, -0.05) is 0 Å². The Bertz CT molecular complexity index is 564. The van der Waals surface area contributed by atoms with Gasteiger partial charge < -0.3 is 5.73 Å². The first-order chi connectivity index (χ1) is 9.65. The first-order valence-corrected chi connectivity index (χ1v) is 8.03. The first kappa shape index (κ1) is 12.4. The van der Waals surface area contributed by atoms with Crippen LogP contribution in [-0.2, 0) is 6.54 Å². The monoisotopic (exact) mass is 273 g/mol. The van der Waals surface area contributed by atoms with Crippen molar-refractivity contribution in [3.05, 3.63) is 22.1 Å². The van der Waals surface area contributed by atoms with E-state index in [1.54, 1.807) is 0 Å². The predicted molar refractivity (Wildman–Crippen MR) is 78.4 cm³/mol. The van der Waals surface area contributed by atoms with E-state index in [1.165, 1.54) is 36.8 Å². The van der Waals surface area contributed by atoms with E-state index in [0.717, 1.165) is 29.4 Å². The van der Waals surface area contributed by atoms with Crippen LogP contribution in [0.25, 0.3) is 0 Å². The van der Waals surface area contributed by atoms with Gasteiger partial charge in [0.2, 0.25) is 0 Å². The lowest BCUT2D eigenvalue weighted by atomic mass is 9.51. The van der Waals surface area contributed by atoms with Crippen LogP contribution in [0.3, 0.4) is 0 Å². The minimum atomic E-state index is -0.139. The molecule has 0 saturated heterocycles. The Labute approximate surface area is 119 Å². The van der Waals surface area contributed by atoms with Crippen molar-refractivity contribution in [3.8, 4) is 0 Å². The standard InChI is InChI=1S/C16H23N3O/c1-2-19-16(20)13(17)8-14(18-19)15-11-4-9-3-10(6-11)7-12(15)5-9/h8-12,15H,2-7,17H2,1H3. The zero-order chi connectivity index (χ0) is 13.9. The maximum absolute atomic E-state index is 11.9. The molecule has 0 aromatic carbocycles. The second kappa shape index (κ2) is 4.34. The molecule has 0 unspecified atom stereocenters. The summed E-state index contributed by atoms with van der Waals surface area (Å²) in [5.74, 6) is 4.02. The van der Waals surface area contributed by atoms with Gasteiger partial charge in [-0.15, -0.1) is 0 Å². The van der Waals surface area contributed by atoms with E-state index >= 15 is 0 Å². The van der Waals surface area contributed by atoms with Crippen molar-refractivity contribution < 1.29 is 0 Å². The van der Waals surface area contributed by atoms with Crippen molar-refractivity contribution in [2.75, 3.05) is 5.73 Å². The SMILES string of the molecule is CCn1nc(C2C3CC4CC(C3)CC2C4)cc(N)c1=O. The summed E-state index contributed by atoms with van der Waals surface area (Å²) in [5.41, 5.74) is 7.23. The van der Waals surface area contributed by atoms with Crippen LogP contribution in [0.1, 0.15) is 50.6 Å². The lowest BCUT2D eigenvalue weighted by Crippen LogP contribution is -2.44. The molecular weight excluding hydrogens is 250 g/mol. The summed E-state index contributed by atoms with van der Waals surface area (Å²) in [6.45, 7) is 2.55. The summed E-state index contributed by atoms with van der Waals surface area (Å²) in [5, 5.41) is 4.62. The maximum atomic E-state index is 11.9. The molecule has 2 N–H and O–H groups in total. The third-order valence-corrected chi connectivity index (χ3v) is 5.89. The fraction of sp³-hybridized carbons (Fsp3) is 0.750. The van der Waals surface area contributed by atoms with Crippen LogP contribution in [0.15, 0.2) is 10.9 Å². The minimum absolute atomic E-state index is 0.139. The largest absolute Gasteiger partial charge is 0.394 e. The third kappa shape index (κ3) is 1.73. The molecule has 4 aliphatic rings. The van der Waals surface area contributed by atoms with Crippen molar-refractivity contribution in [2.24, 2.45) is 23.7 Å². The molecule has 4 aliphatic carbocycles. The summed E-state index contributed by atoms with van der Waals surface area (Å²) >= 11 is 0. The highest BCUT2D eigenvalue weighted by Gasteiger charge is 2.49. The molecule has 0 atom stereocenters. The van der Waals surface area contributed by atoms with Crippen LogP contribution in [-0.4, -0.2) is 9.78 Å².